The Balaban J connectivity index is 1.41. The zero-order valence-corrected chi connectivity index (χ0v) is 16.4. The molecule has 0 bridgehead atoms. The highest BCUT2D eigenvalue weighted by molar-refractivity contribution is 5.90. The third-order valence-corrected chi connectivity index (χ3v) is 5.65. The van der Waals surface area contributed by atoms with Gasteiger partial charge in [0.1, 0.15) is 5.82 Å². The molecule has 0 spiro atoms. The minimum Gasteiger partial charge on any atom is -0.335 e. The molecule has 3 amide bonds. The zero-order valence-electron chi connectivity index (χ0n) is 16.4. The quantitative estimate of drug-likeness (QED) is 0.822. The normalized spacial score (nSPS) is 18.9. The van der Waals surface area contributed by atoms with Crippen LogP contribution in [0.5, 0.6) is 0 Å². The van der Waals surface area contributed by atoms with Crippen molar-refractivity contribution in [1.82, 2.24) is 9.80 Å². The van der Waals surface area contributed by atoms with Gasteiger partial charge in [-0.1, -0.05) is 36.4 Å². The number of amides is 3. The second-order valence-corrected chi connectivity index (χ2v) is 7.87. The molecule has 1 saturated carbocycles. The molecule has 0 aromatic heterocycles. The van der Waals surface area contributed by atoms with Crippen LogP contribution in [-0.4, -0.2) is 40.9 Å². The molecule has 0 radical (unpaired) electrons. The minimum absolute atomic E-state index is 0.0352. The number of anilines is 1. The summed E-state index contributed by atoms with van der Waals surface area (Å²) in [6.07, 6.45) is 3.47. The van der Waals surface area contributed by atoms with Crippen molar-refractivity contribution >= 4 is 17.6 Å². The first kappa shape index (κ1) is 19.4. The summed E-state index contributed by atoms with van der Waals surface area (Å²) < 4.78 is 14.1. The van der Waals surface area contributed by atoms with Gasteiger partial charge in [0, 0.05) is 36.9 Å². The van der Waals surface area contributed by atoms with Crippen molar-refractivity contribution in [1.29, 1.82) is 0 Å². The molecular formula is C23H26FN3O2. The maximum atomic E-state index is 14.1. The van der Waals surface area contributed by atoms with Crippen LogP contribution in [0.2, 0.25) is 0 Å². The van der Waals surface area contributed by atoms with Crippen LogP contribution in [0.25, 0.3) is 0 Å². The lowest BCUT2D eigenvalue weighted by atomic mass is 9.96. The van der Waals surface area contributed by atoms with Crippen molar-refractivity contribution in [3.8, 4) is 0 Å². The standard InChI is InChI=1S/C23H26FN3O2/c24-21-11-5-4-7-17(21)16-27(20-12-13-20)22(28)18-8-6-14-26(15-18)23(29)25-19-9-2-1-3-10-19/h1-5,7,9-11,18,20H,6,8,12-16H2,(H,25,29). The Labute approximate surface area is 170 Å². The first-order chi connectivity index (χ1) is 14.1. The molecule has 1 heterocycles. The number of hydrogen-bond acceptors (Lipinski definition) is 2. The van der Waals surface area contributed by atoms with E-state index in [0.29, 0.717) is 25.2 Å². The van der Waals surface area contributed by atoms with E-state index in [9.17, 15) is 14.0 Å². The molecule has 1 aliphatic heterocycles. The van der Waals surface area contributed by atoms with Crippen molar-refractivity contribution in [3.63, 3.8) is 0 Å². The van der Waals surface area contributed by atoms with Gasteiger partial charge in [0.15, 0.2) is 0 Å². The highest BCUT2D eigenvalue weighted by atomic mass is 19.1. The van der Waals surface area contributed by atoms with E-state index in [1.165, 1.54) is 6.07 Å². The third-order valence-electron chi connectivity index (χ3n) is 5.65. The van der Waals surface area contributed by atoms with Crippen LogP contribution in [0.3, 0.4) is 0 Å². The maximum absolute atomic E-state index is 14.1. The number of urea groups is 1. The van der Waals surface area contributed by atoms with Gasteiger partial charge in [0.25, 0.3) is 0 Å². The van der Waals surface area contributed by atoms with Gasteiger partial charge in [-0.3, -0.25) is 4.79 Å². The van der Waals surface area contributed by atoms with Crippen molar-refractivity contribution in [2.24, 2.45) is 5.92 Å². The van der Waals surface area contributed by atoms with E-state index >= 15 is 0 Å². The number of piperidine rings is 1. The SMILES string of the molecule is O=C(Nc1ccccc1)N1CCCC(C(=O)N(Cc2ccccc2F)C2CC2)C1. The molecule has 1 aliphatic carbocycles. The predicted molar refractivity (Wildman–Crippen MR) is 110 cm³/mol. The molecule has 4 rings (SSSR count). The van der Waals surface area contributed by atoms with Crippen LogP contribution in [0.15, 0.2) is 54.6 Å². The summed E-state index contributed by atoms with van der Waals surface area (Å²) in [5.41, 5.74) is 1.28. The van der Waals surface area contributed by atoms with Crippen molar-refractivity contribution < 1.29 is 14.0 Å². The average Bonchev–Trinajstić information content (AvgIpc) is 3.59. The van der Waals surface area contributed by atoms with E-state index in [1.807, 2.05) is 35.2 Å². The first-order valence-corrected chi connectivity index (χ1v) is 10.3. The highest BCUT2D eigenvalue weighted by Gasteiger charge is 2.38. The molecule has 1 saturated heterocycles. The Kier molecular flexibility index (Phi) is 5.79. The Hall–Kier alpha value is -2.89. The average molecular weight is 395 g/mol. The van der Waals surface area contributed by atoms with Gasteiger partial charge >= 0.3 is 6.03 Å². The molecule has 2 aliphatic rings. The monoisotopic (exact) mass is 395 g/mol. The van der Waals surface area contributed by atoms with E-state index < -0.39 is 0 Å². The fourth-order valence-electron chi connectivity index (χ4n) is 3.91. The zero-order chi connectivity index (χ0) is 20.2. The lowest BCUT2D eigenvalue weighted by molar-refractivity contribution is -0.138. The minimum atomic E-state index is -0.279. The molecule has 2 aromatic carbocycles. The molecule has 5 nitrogen and oxygen atoms in total. The number of para-hydroxylation sites is 1. The van der Waals surface area contributed by atoms with Crippen LogP contribution in [-0.2, 0) is 11.3 Å². The second kappa shape index (κ2) is 8.64. The molecule has 152 valence electrons. The number of carbonyl (C=O) groups excluding carboxylic acids is 2. The Morgan fingerprint density at radius 2 is 1.76 bits per heavy atom. The number of carbonyl (C=O) groups is 2. The van der Waals surface area contributed by atoms with Crippen molar-refractivity contribution in [2.75, 3.05) is 18.4 Å². The highest BCUT2D eigenvalue weighted by Crippen LogP contribution is 2.32. The molecule has 1 N–H and O–H groups in total. The van der Waals surface area contributed by atoms with E-state index in [-0.39, 0.29) is 29.7 Å². The number of benzene rings is 2. The number of nitrogens with zero attached hydrogens (tertiary/aromatic N) is 2. The summed E-state index contributed by atoms with van der Waals surface area (Å²) in [5.74, 6) is -0.482. The van der Waals surface area contributed by atoms with Crippen LogP contribution in [0, 0.1) is 11.7 Å². The third kappa shape index (κ3) is 4.75. The number of hydrogen-bond donors (Lipinski definition) is 1. The summed E-state index contributed by atoms with van der Waals surface area (Å²) in [4.78, 5) is 29.4. The van der Waals surface area contributed by atoms with Crippen LogP contribution in [0.1, 0.15) is 31.2 Å². The van der Waals surface area contributed by atoms with E-state index in [0.717, 1.165) is 31.4 Å². The Morgan fingerprint density at radius 1 is 1.03 bits per heavy atom. The molecule has 1 unspecified atom stereocenters. The van der Waals surface area contributed by atoms with Gasteiger partial charge < -0.3 is 15.1 Å². The molecule has 29 heavy (non-hydrogen) atoms. The van der Waals surface area contributed by atoms with Crippen LogP contribution < -0.4 is 5.32 Å². The van der Waals surface area contributed by atoms with Gasteiger partial charge in [-0.2, -0.15) is 0 Å². The summed E-state index contributed by atoms with van der Waals surface area (Å²) >= 11 is 0. The van der Waals surface area contributed by atoms with E-state index in [2.05, 4.69) is 5.32 Å². The van der Waals surface area contributed by atoms with Crippen LogP contribution in [0.4, 0.5) is 14.9 Å². The van der Waals surface area contributed by atoms with Crippen LogP contribution >= 0.6 is 0 Å². The second-order valence-electron chi connectivity index (χ2n) is 7.87. The molecule has 6 heteroatoms. The van der Waals surface area contributed by atoms with Gasteiger partial charge in [-0.25, -0.2) is 9.18 Å². The van der Waals surface area contributed by atoms with E-state index in [4.69, 9.17) is 0 Å². The van der Waals surface area contributed by atoms with E-state index in [1.54, 1.807) is 23.1 Å². The lowest BCUT2D eigenvalue weighted by Crippen LogP contribution is -2.48. The number of halogens is 1. The number of likely N-dealkylation sites (tertiary alicyclic amines) is 1. The fraction of sp³-hybridized carbons (Fsp3) is 0.391. The Morgan fingerprint density at radius 3 is 2.48 bits per heavy atom. The topological polar surface area (TPSA) is 52.7 Å². The molecule has 2 fully saturated rings. The summed E-state index contributed by atoms with van der Waals surface area (Å²) in [5, 5.41) is 2.90. The Bertz CT molecular complexity index is 869. The largest absolute Gasteiger partial charge is 0.335 e. The van der Waals surface area contributed by atoms with Gasteiger partial charge in [0.2, 0.25) is 5.91 Å². The lowest BCUT2D eigenvalue weighted by Gasteiger charge is -2.35. The number of nitrogens with one attached hydrogen (secondary N) is 1. The summed E-state index contributed by atoms with van der Waals surface area (Å²) in [7, 11) is 0. The number of rotatable bonds is 5. The predicted octanol–water partition coefficient (Wildman–Crippen LogP) is 4.26. The summed E-state index contributed by atoms with van der Waals surface area (Å²) in [6.45, 7) is 1.33. The molecule has 2 aromatic rings. The first-order valence-electron chi connectivity index (χ1n) is 10.3. The maximum Gasteiger partial charge on any atom is 0.321 e. The van der Waals surface area contributed by atoms with Gasteiger partial charge in [-0.15, -0.1) is 0 Å². The molecular weight excluding hydrogens is 369 g/mol. The smallest absolute Gasteiger partial charge is 0.321 e. The van der Waals surface area contributed by atoms with Gasteiger partial charge in [-0.05, 0) is 43.9 Å². The van der Waals surface area contributed by atoms with Crippen molar-refractivity contribution in [3.05, 3.63) is 66.0 Å². The summed E-state index contributed by atoms with van der Waals surface area (Å²) in [6, 6.07) is 15.9. The van der Waals surface area contributed by atoms with Gasteiger partial charge in [0.05, 0.1) is 5.92 Å². The molecule has 1 atom stereocenters. The van der Waals surface area contributed by atoms with Crippen molar-refractivity contribution in [2.45, 2.75) is 38.3 Å². The fourth-order valence-corrected chi connectivity index (χ4v) is 3.91.